The van der Waals surface area contributed by atoms with Gasteiger partial charge in [0.05, 0.1) is 5.41 Å². The molecule has 5 aliphatic rings. The highest BCUT2D eigenvalue weighted by molar-refractivity contribution is 5.83. The molecular formula is C18H32N4O. The van der Waals surface area contributed by atoms with Gasteiger partial charge in [-0.2, -0.15) is 0 Å². The summed E-state index contributed by atoms with van der Waals surface area (Å²) in [6, 6.07) is 1.01. The zero-order chi connectivity index (χ0) is 15.9. The fraction of sp³-hybridized carbons (Fsp3) is 0.944. The lowest BCUT2D eigenvalue weighted by molar-refractivity contribution is -0.131. The molecule has 4 aliphatic heterocycles. The number of nitrogens with one attached hydrogen (secondary N) is 2. The number of hydrazine groups is 1. The van der Waals surface area contributed by atoms with Crippen molar-refractivity contribution >= 4 is 5.91 Å². The number of carbonyl (C=O) groups is 1. The first-order chi connectivity index (χ1) is 11.1. The Morgan fingerprint density at radius 2 is 1.87 bits per heavy atom. The third kappa shape index (κ3) is 3.15. The molecule has 5 rings (SSSR count). The van der Waals surface area contributed by atoms with Gasteiger partial charge in [0.2, 0.25) is 5.91 Å². The van der Waals surface area contributed by atoms with Crippen LogP contribution in [0.25, 0.3) is 0 Å². The maximum atomic E-state index is 12.9. The molecule has 0 radical (unpaired) electrons. The first-order valence-corrected chi connectivity index (χ1v) is 9.67. The maximum Gasteiger partial charge on any atom is 0.228 e. The molecule has 4 heterocycles. The van der Waals surface area contributed by atoms with Gasteiger partial charge in [0.1, 0.15) is 0 Å². The molecule has 4 saturated heterocycles. The third-order valence-electron chi connectivity index (χ3n) is 6.73. The molecule has 5 heteroatoms. The van der Waals surface area contributed by atoms with E-state index in [9.17, 15) is 4.79 Å². The number of nitrogens with zero attached hydrogens (tertiary/aromatic N) is 2. The van der Waals surface area contributed by atoms with Gasteiger partial charge in [0.15, 0.2) is 0 Å². The summed E-state index contributed by atoms with van der Waals surface area (Å²) in [6.45, 7) is 7.31. The minimum absolute atomic E-state index is 0.266. The summed E-state index contributed by atoms with van der Waals surface area (Å²) in [7, 11) is 0. The lowest BCUT2D eigenvalue weighted by Crippen LogP contribution is -2.59. The first kappa shape index (κ1) is 15.9. The highest BCUT2D eigenvalue weighted by Crippen LogP contribution is 2.31. The molecule has 1 saturated carbocycles. The van der Waals surface area contributed by atoms with Crippen molar-refractivity contribution in [3.05, 3.63) is 0 Å². The van der Waals surface area contributed by atoms with Crippen LogP contribution in [0.5, 0.6) is 0 Å². The molecule has 2 unspecified atom stereocenters. The van der Waals surface area contributed by atoms with Crippen LogP contribution in [0.3, 0.4) is 0 Å². The van der Waals surface area contributed by atoms with Crippen molar-refractivity contribution < 1.29 is 4.79 Å². The molecule has 5 nitrogen and oxygen atoms in total. The highest BCUT2D eigenvalue weighted by Gasteiger charge is 2.44. The molecule has 2 N–H and O–H groups in total. The summed E-state index contributed by atoms with van der Waals surface area (Å²) in [5.41, 5.74) is 3.26. The van der Waals surface area contributed by atoms with Crippen LogP contribution in [0, 0.1) is 11.3 Å². The second-order valence-corrected chi connectivity index (χ2v) is 8.53. The number of fused-ring (bicyclic) bond motifs is 3. The van der Waals surface area contributed by atoms with E-state index in [0.717, 1.165) is 19.6 Å². The smallest absolute Gasteiger partial charge is 0.228 e. The van der Waals surface area contributed by atoms with Crippen molar-refractivity contribution in [2.24, 2.45) is 11.3 Å². The zero-order valence-corrected chi connectivity index (χ0v) is 14.5. The van der Waals surface area contributed by atoms with E-state index in [1.165, 1.54) is 58.0 Å². The quantitative estimate of drug-likeness (QED) is 0.824. The number of amides is 1. The third-order valence-corrected chi connectivity index (χ3v) is 6.73. The van der Waals surface area contributed by atoms with E-state index in [-0.39, 0.29) is 11.3 Å². The highest BCUT2D eigenvalue weighted by atomic mass is 16.2. The average molecular weight is 320 g/mol. The van der Waals surface area contributed by atoms with Gasteiger partial charge in [0, 0.05) is 31.7 Å². The minimum atomic E-state index is -0.274. The largest absolute Gasteiger partial charge is 0.351 e. The second-order valence-electron chi connectivity index (χ2n) is 8.53. The summed E-state index contributed by atoms with van der Waals surface area (Å²) in [4.78, 5) is 15.5. The van der Waals surface area contributed by atoms with Crippen molar-refractivity contribution in [1.29, 1.82) is 0 Å². The molecule has 0 aromatic carbocycles. The topological polar surface area (TPSA) is 47.6 Å². The van der Waals surface area contributed by atoms with E-state index in [0.29, 0.717) is 18.0 Å². The van der Waals surface area contributed by atoms with Crippen LogP contribution >= 0.6 is 0 Å². The molecule has 0 spiro atoms. The van der Waals surface area contributed by atoms with Crippen LogP contribution in [-0.2, 0) is 4.79 Å². The molecule has 23 heavy (non-hydrogen) atoms. The zero-order valence-electron chi connectivity index (χ0n) is 14.5. The van der Waals surface area contributed by atoms with Crippen molar-refractivity contribution in [3.63, 3.8) is 0 Å². The Labute approximate surface area is 140 Å². The summed E-state index contributed by atoms with van der Waals surface area (Å²) in [5.74, 6) is 0.971. The van der Waals surface area contributed by atoms with Gasteiger partial charge in [-0.1, -0.05) is 19.3 Å². The van der Waals surface area contributed by atoms with Crippen LogP contribution in [-0.4, -0.2) is 60.6 Å². The van der Waals surface area contributed by atoms with E-state index < -0.39 is 0 Å². The summed E-state index contributed by atoms with van der Waals surface area (Å²) >= 11 is 0. The van der Waals surface area contributed by atoms with Gasteiger partial charge in [0.25, 0.3) is 0 Å². The predicted molar refractivity (Wildman–Crippen MR) is 90.8 cm³/mol. The molecule has 1 amide bonds. The molecule has 130 valence electrons. The Balaban J connectivity index is 1.34. The Kier molecular flexibility index (Phi) is 4.37. The minimum Gasteiger partial charge on any atom is -0.351 e. The number of hydrogen-bond acceptors (Lipinski definition) is 4. The monoisotopic (exact) mass is 320 g/mol. The Hall–Kier alpha value is -0.650. The molecular weight excluding hydrogens is 288 g/mol. The van der Waals surface area contributed by atoms with Gasteiger partial charge in [-0.05, 0) is 51.6 Å². The second kappa shape index (κ2) is 6.34. The molecule has 2 bridgehead atoms. The van der Waals surface area contributed by atoms with Crippen LogP contribution in [0.15, 0.2) is 0 Å². The number of carbonyl (C=O) groups excluding carboxylic acids is 1. The van der Waals surface area contributed by atoms with E-state index >= 15 is 0 Å². The van der Waals surface area contributed by atoms with E-state index in [2.05, 4.69) is 27.6 Å². The SMILES string of the molecule is CC1(C(=O)NC2CN3CCC2CC3)CNN(C2CCCCC2)C1. The standard InChI is InChI=1S/C18H32N4O/c1-18(12-19-22(13-18)15-5-3-2-4-6-15)17(23)20-16-11-21-9-7-14(16)8-10-21/h14-16,19H,2-13H2,1H3,(H,20,23). The lowest BCUT2D eigenvalue weighted by atomic mass is 9.82. The van der Waals surface area contributed by atoms with E-state index in [1.54, 1.807) is 0 Å². The Morgan fingerprint density at radius 1 is 1.13 bits per heavy atom. The Morgan fingerprint density at radius 3 is 2.52 bits per heavy atom. The summed E-state index contributed by atoms with van der Waals surface area (Å²) < 4.78 is 0. The maximum absolute atomic E-state index is 12.9. The van der Waals surface area contributed by atoms with Gasteiger partial charge in [-0.3, -0.25) is 10.2 Å². The van der Waals surface area contributed by atoms with Crippen molar-refractivity contribution in [1.82, 2.24) is 20.7 Å². The van der Waals surface area contributed by atoms with Gasteiger partial charge < -0.3 is 10.2 Å². The number of piperidine rings is 3. The summed E-state index contributed by atoms with van der Waals surface area (Å²) in [6.07, 6.45) is 9.13. The molecule has 5 fully saturated rings. The fourth-order valence-corrected chi connectivity index (χ4v) is 5.04. The van der Waals surface area contributed by atoms with Crippen LogP contribution in [0.2, 0.25) is 0 Å². The van der Waals surface area contributed by atoms with Gasteiger partial charge in [-0.15, -0.1) is 0 Å². The van der Waals surface area contributed by atoms with Crippen LogP contribution in [0.4, 0.5) is 0 Å². The van der Waals surface area contributed by atoms with Crippen molar-refractivity contribution in [2.45, 2.75) is 64.0 Å². The van der Waals surface area contributed by atoms with E-state index in [1.807, 2.05) is 0 Å². The lowest BCUT2D eigenvalue weighted by Gasteiger charge is -2.45. The van der Waals surface area contributed by atoms with Gasteiger partial charge >= 0.3 is 0 Å². The van der Waals surface area contributed by atoms with E-state index in [4.69, 9.17) is 0 Å². The predicted octanol–water partition coefficient (Wildman–Crippen LogP) is 1.36. The van der Waals surface area contributed by atoms with Crippen LogP contribution < -0.4 is 10.7 Å². The van der Waals surface area contributed by atoms with Crippen molar-refractivity contribution in [2.75, 3.05) is 32.7 Å². The normalized spacial score (nSPS) is 42.0. The van der Waals surface area contributed by atoms with Crippen LogP contribution in [0.1, 0.15) is 51.9 Å². The molecule has 2 atom stereocenters. The number of rotatable bonds is 3. The Bertz CT molecular complexity index is 442. The average Bonchev–Trinajstić information content (AvgIpc) is 3.01. The molecule has 0 aromatic rings. The molecule has 1 aliphatic carbocycles. The molecule has 0 aromatic heterocycles. The summed E-state index contributed by atoms with van der Waals surface area (Å²) in [5, 5.41) is 5.78. The van der Waals surface area contributed by atoms with Crippen molar-refractivity contribution in [3.8, 4) is 0 Å². The number of hydrogen-bond donors (Lipinski definition) is 2. The first-order valence-electron chi connectivity index (χ1n) is 9.67. The van der Waals surface area contributed by atoms with Gasteiger partial charge in [-0.25, -0.2) is 5.01 Å². The fourth-order valence-electron chi connectivity index (χ4n) is 5.04.